The van der Waals surface area contributed by atoms with Crippen molar-refractivity contribution in [3.8, 4) is 17.2 Å². The lowest BCUT2D eigenvalue weighted by Gasteiger charge is -2.13. The molecule has 0 bridgehead atoms. The fraction of sp³-hybridized carbons (Fsp3) is 0.296. The highest BCUT2D eigenvalue weighted by atomic mass is 16.5. The van der Waals surface area contributed by atoms with E-state index >= 15 is 0 Å². The molecule has 1 amide bonds. The molecule has 0 saturated carbocycles. The van der Waals surface area contributed by atoms with Gasteiger partial charge in [-0.2, -0.15) is 0 Å². The Labute approximate surface area is 200 Å². The number of rotatable bonds is 12. The Balaban J connectivity index is 1.15. The van der Waals surface area contributed by atoms with Crippen LogP contribution >= 0.6 is 0 Å². The Kier molecular flexibility index (Phi) is 8.63. The molecule has 1 fully saturated rings. The number of nitrogens with one attached hydrogen (secondary N) is 2. The molecule has 1 aliphatic rings. The maximum atomic E-state index is 12.3. The van der Waals surface area contributed by atoms with E-state index in [0.717, 1.165) is 36.6 Å². The molecule has 1 unspecified atom stereocenters. The maximum absolute atomic E-state index is 12.3. The highest BCUT2D eigenvalue weighted by Crippen LogP contribution is 2.20. The van der Waals surface area contributed by atoms with Gasteiger partial charge >= 0.3 is 0 Å². The van der Waals surface area contributed by atoms with Crippen molar-refractivity contribution in [3.63, 3.8) is 0 Å². The van der Waals surface area contributed by atoms with E-state index in [1.807, 2.05) is 78.9 Å². The van der Waals surface area contributed by atoms with E-state index in [0.29, 0.717) is 31.3 Å². The summed E-state index contributed by atoms with van der Waals surface area (Å²) in [7, 11) is 0. The van der Waals surface area contributed by atoms with Gasteiger partial charge in [-0.3, -0.25) is 4.79 Å². The molecule has 3 aromatic carbocycles. The average Bonchev–Trinajstić information content (AvgIpc) is 3.40. The minimum atomic E-state index is -0.143. The summed E-state index contributed by atoms with van der Waals surface area (Å²) in [5.74, 6) is 2.14. The van der Waals surface area contributed by atoms with Crippen molar-refractivity contribution in [3.05, 3.63) is 78.9 Å². The molecule has 3 aromatic rings. The highest BCUT2D eigenvalue weighted by molar-refractivity contribution is 5.93. The van der Waals surface area contributed by atoms with E-state index in [1.54, 1.807) is 0 Å². The van der Waals surface area contributed by atoms with Crippen LogP contribution in [0, 0.1) is 0 Å². The van der Waals surface area contributed by atoms with Crippen molar-refractivity contribution in [2.75, 3.05) is 43.6 Å². The van der Waals surface area contributed by atoms with E-state index in [2.05, 4.69) is 10.6 Å². The van der Waals surface area contributed by atoms with Crippen molar-refractivity contribution < 1.29 is 23.7 Å². The Morgan fingerprint density at radius 1 is 0.824 bits per heavy atom. The lowest BCUT2D eigenvalue weighted by molar-refractivity contribution is -0.114. The van der Waals surface area contributed by atoms with E-state index in [-0.39, 0.29) is 18.6 Å². The van der Waals surface area contributed by atoms with Gasteiger partial charge in [-0.25, -0.2) is 0 Å². The van der Waals surface area contributed by atoms with Crippen LogP contribution in [0.2, 0.25) is 0 Å². The topological polar surface area (TPSA) is 78.1 Å². The molecule has 0 aliphatic carbocycles. The predicted octanol–water partition coefficient (Wildman–Crippen LogP) is 4.75. The molecule has 1 aliphatic heterocycles. The van der Waals surface area contributed by atoms with Crippen LogP contribution < -0.4 is 24.8 Å². The van der Waals surface area contributed by atoms with Crippen molar-refractivity contribution in [1.82, 2.24) is 0 Å². The molecular formula is C27H30N2O5. The molecule has 2 N–H and O–H groups in total. The van der Waals surface area contributed by atoms with Crippen LogP contribution in [-0.2, 0) is 9.53 Å². The van der Waals surface area contributed by atoms with Crippen molar-refractivity contribution >= 4 is 17.3 Å². The molecule has 7 heteroatoms. The molecule has 0 radical (unpaired) electrons. The maximum Gasteiger partial charge on any atom is 0.243 e. The zero-order valence-electron chi connectivity index (χ0n) is 19.1. The second-order valence-electron chi connectivity index (χ2n) is 7.91. The monoisotopic (exact) mass is 462 g/mol. The SMILES string of the molecule is O=C(CNc1cccc(OCC2CCCO2)c1)Nc1ccc(OCCOc2ccccc2)cc1. The fourth-order valence-corrected chi connectivity index (χ4v) is 3.52. The van der Waals surface area contributed by atoms with Gasteiger partial charge in [0.15, 0.2) is 0 Å². The standard InChI is InChI=1S/C27H30N2O5/c30-27(19-28-22-6-4-9-25(18-22)34-20-26-10-5-15-31-26)29-21-11-13-24(14-12-21)33-17-16-32-23-7-2-1-3-8-23/h1-4,6-9,11-14,18,26,28H,5,10,15-17,19-20H2,(H,29,30). The van der Waals surface area contributed by atoms with Crippen LogP contribution in [0.25, 0.3) is 0 Å². The first-order valence-corrected chi connectivity index (χ1v) is 11.5. The number of benzene rings is 3. The second kappa shape index (κ2) is 12.5. The third-order valence-electron chi connectivity index (χ3n) is 5.25. The van der Waals surface area contributed by atoms with E-state index in [4.69, 9.17) is 18.9 Å². The molecule has 1 atom stereocenters. The number of ether oxygens (including phenoxy) is 4. The van der Waals surface area contributed by atoms with Gasteiger partial charge in [-0.1, -0.05) is 24.3 Å². The van der Waals surface area contributed by atoms with Gasteiger partial charge in [-0.15, -0.1) is 0 Å². The minimum absolute atomic E-state index is 0.143. The van der Waals surface area contributed by atoms with Gasteiger partial charge in [-0.05, 0) is 61.4 Å². The van der Waals surface area contributed by atoms with Crippen LogP contribution in [0.1, 0.15) is 12.8 Å². The van der Waals surface area contributed by atoms with Gasteiger partial charge in [0.05, 0.1) is 12.6 Å². The predicted molar refractivity (Wildman–Crippen MR) is 132 cm³/mol. The molecule has 0 spiro atoms. The van der Waals surface area contributed by atoms with Gasteiger partial charge in [0.25, 0.3) is 0 Å². The zero-order valence-corrected chi connectivity index (χ0v) is 19.1. The first-order chi connectivity index (χ1) is 16.7. The number of anilines is 2. The summed E-state index contributed by atoms with van der Waals surface area (Å²) in [6.45, 7) is 2.38. The van der Waals surface area contributed by atoms with Crippen molar-refractivity contribution in [2.45, 2.75) is 18.9 Å². The number of carbonyl (C=O) groups excluding carboxylic acids is 1. The molecule has 178 valence electrons. The number of hydrogen-bond donors (Lipinski definition) is 2. The minimum Gasteiger partial charge on any atom is -0.491 e. The normalized spacial score (nSPS) is 14.9. The Hall–Kier alpha value is -3.71. The second-order valence-corrected chi connectivity index (χ2v) is 7.91. The quantitative estimate of drug-likeness (QED) is 0.378. The van der Waals surface area contributed by atoms with E-state index in [9.17, 15) is 4.79 Å². The number of para-hydroxylation sites is 1. The highest BCUT2D eigenvalue weighted by Gasteiger charge is 2.16. The molecular weight excluding hydrogens is 432 g/mol. The number of carbonyl (C=O) groups is 1. The third kappa shape index (κ3) is 7.71. The molecule has 34 heavy (non-hydrogen) atoms. The van der Waals surface area contributed by atoms with Gasteiger partial charge in [0.2, 0.25) is 5.91 Å². The lowest BCUT2D eigenvalue weighted by Crippen LogP contribution is -2.21. The summed E-state index contributed by atoms with van der Waals surface area (Å²) in [6, 6.07) is 24.5. The van der Waals surface area contributed by atoms with Gasteiger partial charge < -0.3 is 29.6 Å². The Morgan fingerprint density at radius 3 is 2.29 bits per heavy atom. The van der Waals surface area contributed by atoms with Crippen molar-refractivity contribution in [2.24, 2.45) is 0 Å². The Morgan fingerprint density at radius 2 is 1.56 bits per heavy atom. The lowest BCUT2D eigenvalue weighted by atomic mass is 10.2. The van der Waals surface area contributed by atoms with Crippen LogP contribution in [0.15, 0.2) is 78.9 Å². The van der Waals surface area contributed by atoms with Crippen LogP contribution in [0.3, 0.4) is 0 Å². The first-order valence-electron chi connectivity index (χ1n) is 11.5. The van der Waals surface area contributed by atoms with E-state index in [1.165, 1.54) is 0 Å². The van der Waals surface area contributed by atoms with Crippen LogP contribution in [0.5, 0.6) is 17.2 Å². The summed E-state index contributed by atoms with van der Waals surface area (Å²) >= 11 is 0. The summed E-state index contributed by atoms with van der Waals surface area (Å²) in [5.41, 5.74) is 1.52. The Bertz CT molecular complexity index is 1020. The van der Waals surface area contributed by atoms with E-state index < -0.39 is 0 Å². The summed E-state index contributed by atoms with van der Waals surface area (Å²) in [6.07, 6.45) is 2.29. The van der Waals surface area contributed by atoms with Gasteiger partial charge in [0, 0.05) is 24.0 Å². The first kappa shape index (κ1) is 23.4. The summed E-state index contributed by atoms with van der Waals surface area (Å²) in [4.78, 5) is 12.3. The third-order valence-corrected chi connectivity index (χ3v) is 5.25. The summed E-state index contributed by atoms with van der Waals surface area (Å²) in [5, 5.41) is 6.01. The number of hydrogen-bond acceptors (Lipinski definition) is 6. The van der Waals surface area contributed by atoms with Crippen LogP contribution in [0.4, 0.5) is 11.4 Å². The van der Waals surface area contributed by atoms with Crippen molar-refractivity contribution in [1.29, 1.82) is 0 Å². The largest absolute Gasteiger partial charge is 0.491 e. The van der Waals surface area contributed by atoms with Gasteiger partial charge in [0.1, 0.15) is 37.1 Å². The molecule has 7 nitrogen and oxygen atoms in total. The molecule has 1 saturated heterocycles. The zero-order chi connectivity index (χ0) is 23.4. The fourth-order valence-electron chi connectivity index (χ4n) is 3.52. The average molecular weight is 463 g/mol. The smallest absolute Gasteiger partial charge is 0.243 e. The molecule has 4 rings (SSSR count). The van der Waals surface area contributed by atoms with Crippen LogP contribution in [-0.4, -0.2) is 45.0 Å². The molecule has 1 heterocycles. The molecule has 0 aromatic heterocycles. The summed E-state index contributed by atoms with van der Waals surface area (Å²) < 4.78 is 22.7. The number of amides is 1.